The summed E-state index contributed by atoms with van der Waals surface area (Å²) in [5.74, 6) is -0.177. The molecule has 0 amide bonds. The summed E-state index contributed by atoms with van der Waals surface area (Å²) in [4.78, 5) is 14.7. The maximum atomic E-state index is 13.4. The van der Waals surface area contributed by atoms with Crippen molar-refractivity contribution in [1.82, 2.24) is 4.98 Å². The Morgan fingerprint density at radius 2 is 2.12 bits per heavy atom. The number of hydrogen-bond donors (Lipinski definition) is 1. The fourth-order valence-corrected chi connectivity index (χ4v) is 2.75. The van der Waals surface area contributed by atoms with Crippen molar-refractivity contribution < 1.29 is 9.18 Å². The van der Waals surface area contributed by atoms with Gasteiger partial charge >= 0.3 is 0 Å². The van der Waals surface area contributed by atoms with E-state index in [1.807, 2.05) is 0 Å². The number of H-pyrrole nitrogens is 1. The second-order valence-corrected chi connectivity index (χ2v) is 4.83. The SMILES string of the molecule is O=C1CCCc2c1[nH]c1c(Br)c(F)ccc21. The molecule has 0 saturated heterocycles. The van der Waals surface area contributed by atoms with Crippen molar-refractivity contribution in [2.24, 2.45) is 0 Å². The maximum absolute atomic E-state index is 13.4. The number of rotatable bonds is 0. The first kappa shape index (κ1) is 10.0. The number of halogens is 2. The third kappa shape index (κ3) is 1.26. The molecule has 0 unspecified atom stereocenters. The number of nitrogens with one attached hydrogen (secondary N) is 1. The Labute approximate surface area is 100.0 Å². The normalized spacial score (nSPS) is 15.5. The lowest BCUT2D eigenvalue weighted by atomic mass is 9.95. The quantitative estimate of drug-likeness (QED) is 0.787. The van der Waals surface area contributed by atoms with Crippen molar-refractivity contribution in [2.45, 2.75) is 19.3 Å². The number of carbonyl (C=O) groups is 1. The molecular formula is C12H9BrFNO. The highest BCUT2D eigenvalue weighted by Crippen LogP contribution is 2.33. The first-order valence-electron chi connectivity index (χ1n) is 5.20. The Hall–Kier alpha value is -1.16. The minimum atomic E-state index is -0.307. The van der Waals surface area contributed by atoms with E-state index in [0.717, 1.165) is 23.8 Å². The third-order valence-corrected chi connectivity index (χ3v) is 3.86. The van der Waals surface area contributed by atoms with Crippen LogP contribution in [0, 0.1) is 5.82 Å². The summed E-state index contributed by atoms with van der Waals surface area (Å²) in [5, 5.41) is 0.955. The summed E-state index contributed by atoms with van der Waals surface area (Å²) in [6.45, 7) is 0. The molecule has 0 radical (unpaired) electrons. The average Bonchev–Trinajstić information content (AvgIpc) is 2.65. The van der Waals surface area contributed by atoms with Gasteiger partial charge in [0, 0.05) is 11.8 Å². The van der Waals surface area contributed by atoms with Crippen LogP contribution in [0.25, 0.3) is 10.9 Å². The molecule has 0 atom stereocenters. The Morgan fingerprint density at radius 1 is 1.31 bits per heavy atom. The molecule has 16 heavy (non-hydrogen) atoms. The monoisotopic (exact) mass is 281 g/mol. The van der Waals surface area contributed by atoms with Crippen LogP contribution in [-0.2, 0) is 6.42 Å². The van der Waals surface area contributed by atoms with Crippen LogP contribution < -0.4 is 0 Å². The zero-order valence-corrected chi connectivity index (χ0v) is 10.0. The largest absolute Gasteiger partial charge is 0.351 e. The lowest BCUT2D eigenvalue weighted by molar-refractivity contribution is 0.0968. The van der Waals surface area contributed by atoms with Crippen molar-refractivity contribution in [3.63, 3.8) is 0 Å². The molecule has 1 aliphatic carbocycles. The van der Waals surface area contributed by atoms with Gasteiger partial charge in [-0.15, -0.1) is 0 Å². The highest BCUT2D eigenvalue weighted by molar-refractivity contribution is 9.10. The number of carbonyl (C=O) groups excluding carboxylic acids is 1. The van der Waals surface area contributed by atoms with E-state index in [-0.39, 0.29) is 11.6 Å². The van der Waals surface area contributed by atoms with Crippen molar-refractivity contribution in [1.29, 1.82) is 0 Å². The first-order chi connectivity index (χ1) is 7.68. The molecule has 1 aliphatic rings. The molecule has 1 N–H and O–H groups in total. The summed E-state index contributed by atoms with van der Waals surface area (Å²) < 4.78 is 13.8. The molecule has 0 spiro atoms. The fraction of sp³-hybridized carbons (Fsp3) is 0.250. The van der Waals surface area contributed by atoms with Gasteiger partial charge in [-0.25, -0.2) is 4.39 Å². The van der Waals surface area contributed by atoms with E-state index < -0.39 is 0 Å². The molecule has 82 valence electrons. The zero-order chi connectivity index (χ0) is 11.3. The Bertz CT molecular complexity index is 603. The van der Waals surface area contributed by atoms with Crippen LogP contribution in [-0.4, -0.2) is 10.8 Å². The van der Waals surface area contributed by atoms with Gasteiger partial charge < -0.3 is 4.98 Å². The molecule has 3 rings (SSSR count). The zero-order valence-electron chi connectivity index (χ0n) is 8.44. The van der Waals surface area contributed by atoms with E-state index in [0.29, 0.717) is 22.1 Å². The fourth-order valence-electron chi connectivity index (χ4n) is 2.31. The molecule has 1 heterocycles. The predicted molar refractivity (Wildman–Crippen MR) is 63.2 cm³/mol. The smallest absolute Gasteiger partial charge is 0.179 e. The van der Waals surface area contributed by atoms with Crippen molar-refractivity contribution >= 4 is 32.6 Å². The number of Topliss-reactive ketones (excluding diaryl/α,β-unsaturated/α-hetero) is 1. The van der Waals surface area contributed by atoms with Gasteiger partial charge in [0.1, 0.15) is 5.82 Å². The first-order valence-corrected chi connectivity index (χ1v) is 5.99. The molecule has 1 aromatic heterocycles. The number of hydrogen-bond acceptors (Lipinski definition) is 1. The molecule has 2 aromatic rings. The average molecular weight is 282 g/mol. The topological polar surface area (TPSA) is 32.9 Å². The van der Waals surface area contributed by atoms with E-state index in [1.54, 1.807) is 6.07 Å². The van der Waals surface area contributed by atoms with Gasteiger partial charge in [-0.1, -0.05) is 0 Å². The van der Waals surface area contributed by atoms with Crippen LogP contribution in [0.15, 0.2) is 16.6 Å². The molecule has 1 aromatic carbocycles. The molecule has 2 nitrogen and oxygen atoms in total. The lowest BCUT2D eigenvalue weighted by Crippen LogP contribution is -2.09. The molecular weight excluding hydrogens is 273 g/mol. The van der Waals surface area contributed by atoms with E-state index in [9.17, 15) is 9.18 Å². The highest BCUT2D eigenvalue weighted by Gasteiger charge is 2.23. The van der Waals surface area contributed by atoms with E-state index in [2.05, 4.69) is 20.9 Å². The number of benzene rings is 1. The van der Waals surface area contributed by atoms with Gasteiger partial charge in [-0.2, -0.15) is 0 Å². The molecule has 4 heteroatoms. The van der Waals surface area contributed by atoms with Gasteiger partial charge in [0.2, 0.25) is 0 Å². The number of aromatic nitrogens is 1. The second kappa shape index (κ2) is 3.42. The number of fused-ring (bicyclic) bond motifs is 3. The van der Waals surface area contributed by atoms with Gasteiger partial charge in [-0.3, -0.25) is 4.79 Å². The van der Waals surface area contributed by atoms with Gasteiger partial charge in [0.15, 0.2) is 5.78 Å². The summed E-state index contributed by atoms with van der Waals surface area (Å²) in [6, 6.07) is 3.17. The number of aromatic amines is 1. The van der Waals surface area contributed by atoms with Crippen molar-refractivity contribution in [2.75, 3.05) is 0 Å². The molecule has 0 saturated carbocycles. The number of ketones is 1. The van der Waals surface area contributed by atoms with Crippen LogP contribution in [0.3, 0.4) is 0 Å². The van der Waals surface area contributed by atoms with Gasteiger partial charge in [0.05, 0.1) is 15.7 Å². The summed E-state index contributed by atoms with van der Waals surface area (Å²) in [7, 11) is 0. The van der Waals surface area contributed by atoms with Crippen LogP contribution in [0.1, 0.15) is 28.9 Å². The second-order valence-electron chi connectivity index (χ2n) is 4.04. The number of aryl methyl sites for hydroxylation is 1. The Balaban J connectivity index is 2.40. The minimum absolute atomic E-state index is 0.129. The van der Waals surface area contributed by atoms with Crippen molar-refractivity contribution in [3.05, 3.63) is 33.7 Å². The summed E-state index contributed by atoms with van der Waals surface area (Å²) >= 11 is 3.21. The minimum Gasteiger partial charge on any atom is -0.351 e. The Kier molecular flexibility index (Phi) is 2.14. The van der Waals surface area contributed by atoms with Crippen molar-refractivity contribution in [3.8, 4) is 0 Å². The van der Waals surface area contributed by atoms with Crippen LogP contribution in [0.4, 0.5) is 4.39 Å². The summed E-state index contributed by atoms with van der Waals surface area (Å²) in [5.41, 5.74) is 2.39. The maximum Gasteiger partial charge on any atom is 0.179 e. The van der Waals surface area contributed by atoms with Gasteiger partial charge in [0.25, 0.3) is 0 Å². The van der Waals surface area contributed by atoms with Crippen LogP contribution in [0.5, 0.6) is 0 Å². The predicted octanol–water partition coefficient (Wildman–Crippen LogP) is 3.59. The van der Waals surface area contributed by atoms with Crippen LogP contribution in [0.2, 0.25) is 0 Å². The van der Waals surface area contributed by atoms with E-state index >= 15 is 0 Å². The summed E-state index contributed by atoms with van der Waals surface area (Å²) in [6.07, 6.45) is 2.35. The molecule has 0 bridgehead atoms. The third-order valence-electron chi connectivity index (χ3n) is 3.08. The highest BCUT2D eigenvalue weighted by atomic mass is 79.9. The molecule has 0 fully saturated rings. The van der Waals surface area contributed by atoms with E-state index in [1.165, 1.54) is 6.07 Å². The molecule has 0 aliphatic heterocycles. The Morgan fingerprint density at radius 3 is 2.94 bits per heavy atom. The van der Waals surface area contributed by atoms with Gasteiger partial charge in [-0.05, 0) is 46.5 Å². The standard InChI is InChI=1S/C12H9BrFNO/c13-10-8(14)5-4-7-6-2-1-3-9(16)11(6)15-12(7)10/h4-5,15H,1-3H2. The lowest BCUT2D eigenvalue weighted by Gasteiger charge is -2.09. The van der Waals surface area contributed by atoms with Crippen LogP contribution >= 0.6 is 15.9 Å². The van der Waals surface area contributed by atoms with E-state index in [4.69, 9.17) is 0 Å².